The van der Waals surface area contributed by atoms with Gasteiger partial charge in [-0.05, 0) is 17.7 Å². The first-order chi connectivity index (χ1) is 8.81. The van der Waals surface area contributed by atoms with E-state index in [9.17, 15) is 5.11 Å². The van der Waals surface area contributed by atoms with Gasteiger partial charge in [-0.15, -0.1) is 0 Å². The quantitative estimate of drug-likeness (QED) is 0.649. The van der Waals surface area contributed by atoms with Crippen LogP contribution in [0.1, 0.15) is 5.56 Å². The summed E-state index contributed by atoms with van der Waals surface area (Å²) in [5.41, 5.74) is 2.49. The van der Waals surface area contributed by atoms with Crippen LogP contribution in [0.5, 0.6) is 5.75 Å². The molecule has 0 aliphatic heterocycles. The van der Waals surface area contributed by atoms with Crippen LogP contribution in [-0.4, -0.2) is 25.0 Å². The number of fused-ring (bicyclic) bond motifs is 1. The Bertz CT molecular complexity index is 662. The molecule has 0 aliphatic carbocycles. The van der Waals surface area contributed by atoms with Crippen LogP contribution in [0.4, 0.5) is 5.95 Å². The summed E-state index contributed by atoms with van der Waals surface area (Å²) in [4.78, 5) is 15.4. The molecule has 0 fully saturated rings. The molecule has 2 heterocycles. The molecule has 0 radical (unpaired) electrons. The highest BCUT2D eigenvalue weighted by Gasteiger charge is 2.01. The molecule has 0 amide bonds. The number of aromatic hydroxyl groups is 1. The van der Waals surface area contributed by atoms with Gasteiger partial charge in [-0.1, -0.05) is 12.1 Å². The molecule has 3 rings (SSSR count). The van der Waals surface area contributed by atoms with Crippen molar-refractivity contribution < 1.29 is 5.11 Å². The number of nitrogens with one attached hydrogen (secondary N) is 2. The van der Waals surface area contributed by atoms with Crippen LogP contribution >= 0.6 is 0 Å². The fourth-order valence-corrected chi connectivity index (χ4v) is 1.62. The molecule has 0 unspecified atom stereocenters. The van der Waals surface area contributed by atoms with Gasteiger partial charge in [0.05, 0.1) is 12.5 Å². The summed E-state index contributed by atoms with van der Waals surface area (Å²) in [6.45, 7) is 0.593. The predicted octanol–water partition coefficient (Wildman–Crippen LogP) is 1.67. The van der Waals surface area contributed by atoms with Crippen LogP contribution in [0.3, 0.4) is 0 Å². The summed E-state index contributed by atoms with van der Waals surface area (Å²) >= 11 is 0. The monoisotopic (exact) mass is 241 g/mol. The topological polar surface area (TPSA) is 86.7 Å². The minimum absolute atomic E-state index is 0.257. The molecule has 0 saturated heterocycles. The first-order valence-corrected chi connectivity index (χ1v) is 5.49. The molecule has 90 valence electrons. The Morgan fingerprint density at radius 3 is 2.83 bits per heavy atom. The SMILES string of the molecule is Oc1ccc(CNc2ncc3[nH]cnc3n2)cc1. The molecule has 1 aromatic carbocycles. The number of aromatic nitrogens is 4. The minimum atomic E-state index is 0.257. The van der Waals surface area contributed by atoms with Gasteiger partial charge in [0.1, 0.15) is 11.3 Å². The number of phenols is 1. The van der Waals surface area contributed by atoms with Gasteiger partial charge in [0.15, 0.2) is 5.65 Å². The number of benzene rings is 1. The number of phenolic OH excluding ortho intramolecular Hbond substituents is 1. The molecule has 2 aromatic heterocycles. The lowest BCUT2D eigenvalue weighted by atomic mass is 10.2. The zero-order valence-electron chi connectivity index (χ0n) is 9.46. The zero-order valence-corrected chi connectivity index (χ0v) is 9.46. The van der Waals surface area contributed by atoms with Crippen LogP contribution in [0.15, 0.2) is 36.8 Å². The summed E-state index contributed by atoms with van der Waals surface area (Å²) in [5.74, 6) is 0.788. The third-order valence-corrected chi connectivity index (χ3v) is 2.56. The van der Waals surface area contributed by atoms with Crippen molar-refractivity contribution in [1.82, 2.24) is 19.9 Å². The third kappa shape index (κ3) is 2.08. The Labute approximate surface area is 103 Å². The molecule has 6 heteroatoms. The van der Waals surface area contributed by atoms with Gasteiger partial charge in [-0.25, -0.2) is 9.97 Å². The fraction of sp³-hybridized carbons (Fsp3) is 0.0833. The second-order valence-corrected chi connectivity index (χ2v) is 3.85. The van der Waals surface area contributed by atoms with Crippen LogP contribution in [0.25, 0.3) is 11.2 Å². The van der Waals surface area contributed by atoms with Crippen molar-refractivity contribution in [3.8, 4) is 5.75 Å². The summed E-state index contributed by atoms with van der Waals surface area (Å²) in [6.07, 6.45) is 3.28. The van der Waals surface area contributed by atoms with Gasteiger partial charge in [0.2, 0.25) is 5.95 Å². The van der Waals surface area contributed by atoms with E-state index in [1.54, 1.807) is 24.7 Å². The van der Waals surface area contributed by atoms with Crippen LogP contribution in [0.2, 0.25) is 0 Å². The van der Waals surface area contributed by atoms with E-state index < -0.39 is 0 Å². The van der Waals surface area contributed by atoms with Gasteiger partial charge in [-0.3, -0.25) is 0 Å². The normalized spacial score (nSPS) is 10.7. The number of hydrogen-bond acceptors (Lipinski definition) is 5. The zero-order chi connectivity index (χ0) is 12.4. The number of nitrogens with zero attached hydrogens (tertiary/aromatic N) is 3. The van der Waals surface area contributed by atoms with E-state index in [1.807, 2.05) is 12.1 Å². The van der Waals surface area contributed by atoms with E-state index in [1.165, 1.54) is 0 Å². The average Bonchev–Trinajstić information content (AvgIpc) is 2.85. The highest BCUT2D eigenvalue weighted by atomic mass is 16.3. The molecule has 0 bridgehead atoms. The first kappa shape index (κ1) is 10.5. The standard InChI is InChI=1S/C12H11N5O/c18-9-3-1-8(2-4-9)5-13-12-14-6-10-11(17-12)16-7-15-10/h1-4,6-7,18H,5H2,(H2,13,14,15,16,17). The predicted molar refractivity (Wildman–Crippen MR) is 67.1 cm³/mol. The Morgan fingerprint density at radius 1 is 1.17 bits per heavy atom. The van der Waals surface area contributed by atoms with Gasteiger partial charge in [0, 0.05) is 6.54 Å². The number of hydrogen-bond donors (Lipinski definition) is 3. The average molecular weight is 241 g/mol. The number of H-pyrrole nitrogens is 1. The molecule has 0 aliphatic rings. The lowest BCUT2D eigenvalue weighted by Crippen LogP contribution is -2.03. The summed E-state index contributed by atoms with van der Waals surface area (Å²) < 4.78 is 0. The Hall–Kier alpha value is -2.63. The van der Waals surface area contributed by atoms with Crippen molar-refractivity contribution in [2.24, 2.45) is 0 Å². The molecule has 18 heavy (non-hydrogen) atoms. The molecule has 0 atom stereocenters. The maximum absolute atomic E-state index is 9.18. The second-order valence-electron chi connectivity index (χ2n) is 3.85. The number of anilines is 1. The highest BCUT2D eigenvalue weighted by Crippen LogP contribution is 2.11. The van der Waals surface area contributed by atoms with E-state index in [4.69, 9.17) is 0 Å². The Morgan fingerprint density at radius 2 is 2.00 bits per heavy atom. The molecular formula is C12H11N5O. The Balaban J connectivity index is 1.74. The molecule has 0 spiro atoms. The summed E-state index contributed by atoms with van der Waals surface area (Å²) in [6, 6.07) is 6.98. The van der Waals surface area contributed by atoms with E-state index in [0.717, 1.165) is 11.1 Å². The van der Waals surface area contributed by atoms with Crippen molar-refractivity contribution >= 4 is 17.1 Å². The van der Waals surface area contributed by atoms with Crippen molar-refractivity contribution in [2.75, 3.05) is 5.32 Å². The summed E-state index contributed by atoms with van der Waals surface area (Å²) in [7, 11) is 0. The molecule has 3 N–H and O–H groups in total. The number of rotatable bonds is 3. The van der Waals surface area contributed by atoms with Crippen molar-refractivity contribution in [3.63, 3.8) is 0 Å². The highest BCUT2D eigenvalue weighted by molar-refractivity contribution is 5.69. The van der Waals surface area contributed by atoms with E-state index in [2.05, 4.69) is 25.3 Å². The lowest BCUT2D eigenvalue weighted by Gasteiger charge is -2.04. The minimum Gasteiger partial charge on any atom is -0.508 e. The van der Waals surface area contributed by atoms with E-state index in [-0.39, 0.29) is 5.75 Å². The van der Waals surface area contributed by atoms with Gasteiger partial charge in [0.25, 0.3) is 0 Å². The fourth-order valence-electron chi connectivity index (χ4n) is 1.62. The Kier molecular flexibility index (Phi) is 2.53. The van der Waals surface area contributed by atoms with Gasteiger partial charge >= 0.3 is 0 Å². The largest absolute Gasteiger partial charge is 0.508 e. The van der Waals surface area contributed by atoms with E-state index in [0.29, 0.717) is 18.1 Å². The van der Waals surface area contributed by atoms with Crippen molar-refractivity contribution in [2.45, 2.75) is 6.54 Å². The summed E-state index contributed by atoms with van der Waals surface area (Å²) in [5, 5.41) is 12.3. The van der Waals surface area contributed by atoms with Crippen molar-refractivity contribution in [1.29, 1.82) is 0 Å². The first-order valence-electron chi connectivity index (χ1n) is 5.49. The maximum Gasteiger partial charge on any atom is 0.225 e. The van der Waals surface area contributed by atoms with Crippen LogP contribution in [-0.2, 0) is 6.54 Å². The van der Waals surface area contributed by atoms with Gasteiger partial charge in [-0.2, -0.15) is 4.98 Å². The second kappa shape index (κ2) is 4.33. The maximum atomic E-state index is 9.18. The van der Waals surface area contributed by atoms with Crippen LogP contribution in [0, 0.1) is 0 Å². The number of aromatic amines is 1. The van der Waals surface area contributed by atoms with Gasteiger partial charge < -0.3 is 15.4 Å². The van der Waals surface area contributed by atoms with E-state index >= 15 is 0 Å². The molecule has 6 nitrogen and oxygen atoms in total. The smallest absolute Gasteiger partial charge is 0.225 e. The van der Waals surface area contributed by atoms with Crippen molar-refractivity contribution in [3.05, 3.63) is 42.4 Å². The number of imidazole rings is 1. The molecule has 0 saturated carbocycles. The van der Waals surface area contributed by atoms with Crippen LogP contribution < -0.4 is 5.32 Å². The third-order valence-electron chi connectivity index (χ3n) is 2.56. The molecule has 3 aromatic rings. The molecular weight excluding hydrogens is 230 g/mol. The lowest BCUT2D eigenvalue weighted by molar-refractivity contribution is 0.475.